The van der Waals surface area contributed by atoms with E-state index in [1.807, 2.05) is 0 Å². The van der Waals surface area contributed by atoms with Gasteiger partial charge in [0.15, 0.2) is 11.1 Å². The number of aliphatic imine (C=N–C) groups is 1. The summed E-state index contributed by atoms with van der Waals surface area (Å²) in [6.45, 7) is 8.07. The van der Waals surface area contributed by atoms with Crippen molar-refractivity contribution in [2.24, 2.45) is 4.99 Å². The van der Waals surface area contributed by atoms with Gasteiger partial charge in [0.2, 0.25) is 0 Å². The highest BCUT2D eigenvalue weighted by molar-refractivity contribution is 7.13. The van der Waals surface area contributed by atoms with E-state index in [0.29, 0.717) is 5.92 Å². The molecule has 0 unspecified atom stereocenters. The molecule has 4 rings (SSSR count). The van der Waals surface area contributed by atoms with Gasteiger partial charge >= 0.3 is 0 Å². The summed E-state index contributed by atoms with van der Waals surface area (Å²) in [5, 5.41) is 13.8. The first-order valence-corrected chi connectivity index (χ1v) is 11.3. The molecule has 2 aromatic rings. The van der Waals surface area contributed by atoms with Crippen LogP contribution in [0.3, 0.4) is 0 Å². The fourth-order valence-electron chi connectivity index (χ4n) is 3.94. The Hall–Kier alpha value is -2.16. The molecule has 0 saturated carbocycles. The lowest BCUT2D eigenvalue weighted by atomic mass is 9.96. The number of nitrogens with one attached hydrogen (secondary N) is 2. The Balaban J connectivity index is 1.30. The highest BCUT2D eigenvalue weighted by atomic mass is 32.1. The molecule has 2 N–H and O–H groups in total. The molecule has 2 fully saturated rings. The lowest BCUT2D eigenvalue weighted by Gasteiger charge is -2.33. The molecule has 0 amide bonds. The summed E-state index contributed by atoms with van der Waals surface area (Å²) in [5.74, 6) is 2.51. The van der Waals surface area contributed by atoms with Crippen LogP contribution in [-0.2, 0) is 6.42 Å². The van der Waals surface area contributed by atoms with Crippen molar-refractivity contribution in [1.29, 1.82) is 0 Å². The van der Waals surface area contributed by atoms with Gasteiger partial charge in [0.1, 0.15) is 12.2 Å². The summed E-state index contributed by atoms with van der Waals surface area (Å²) in [6.07, 6.45) is 7.22. The molecule has 0 aliphatic carbocycles. The van der Waals surface area contributed by atoms with Gasteiger partial charge in [-0.3, -0.25) is 10.1 Å². The maximum Gasteiger partial charge on any atom is 0.193 e. The number of likely N-dealkylation sites (tertiary alicyclic amines) is 1. The third-order valence-corrected chi connectivity index (χ3v) is 6.45. The minimum absolute atomic E-state index is 0.473. The van der Waals surface area contributed by atoms with E-state index in [0.717, 1.165) is 76.0 Å². The molecule has 0 atom stereocenters. The van der Waals surface area contributed by atoms with Gasteiger partial charge in [-0.2, -0.15) is 5.10 Å². The van der Waals surface area contributed by atoms with E-state index in [1.54, 1.807) is 17.7 Å². The minimum Gasteiger partial charge on any atom is -0.357 e. The number of thiazole rings is 1. The van der Waals surface area contributed by atoms with Crippen LogP contribution in [0.5, 0.6) is 0 Å². The zero-order valence-electron chi connectivity index (χ0n) is 16.6. The number of hydrogen-bond acceptors (Lipinski definition) is 6. The molecule has 0 aromatic carbocycles. The Morgan fingerprint density at radius 1 is 1.29 bits per heavy atom. The number of aromatic nitrogens is 4. The lowest BCUT2D eigenvalue weighted by molar-refractivity contribution is 0.299. The summed E-state index contributed by atoms with van der Waals surface area (Å²) < 4.78 is 0. The van der Waals surface area contributed by atoms with Gasteiger partial charge in [0.05, 0.1) is 5.69 Å². The van der Waals surface area contributed by atoms with E-state index in [1.165, 1.54) is 18.0 Å². The minimum atomic E-state index is 0.473. The molecule has 0 spiro atoms. The molecule has 2 aliphatic heterocycles. The van der Waals surface area contributed by atoms with Crippen molar-refractivity contribution >= 4 is 22.4 Å². The van der Waals surface area contributed by atoms with E-state index in [-0.39, 0.29) is 0 Å². The second-order valence-electron chi connectivity index (χ2n) is 7.43. The van der Waals surface area contributed by atoms with Crippen LogP contribution >= 0.6 is 11.3 Å². The Morgan fingerprint density at radius 3 is 2.82 bits per heavy atom. The van der Waals surface area contributed by atoms with Gasteiger partial charge in [-0.1, -0.05) is 0 Å². The van der Waals surface area contributed by atoms with Crippen LogP contribution in [0.1, 0.15) is 50.0 Å². The average Bonchev–Trinajstić information content (AvgIpc) is 3.50. The molecule has 2 aliphatic rings. The van der Waals surface area contributed by atoms with Crippen LogP contribution in [0.25, 0.3) is 0 Å². The first-order valence-electron chi connectivity index (χ1n) is 10.4. The molecule has 2 saturated heterocycles. The molecule has 0 bridgehead atoms. The third-order valence-electron chi connectivity index (χ3n) is 5.50. The van der Waals surface area contributed by atoms with Crippen molar-refractivity contribution in [2.45, 2.75) is 44.9 Å². The quantitative estimate of drug-likeness (QED) is 0.569. The standard InChI is InChI=1S/C19H30N8S/c1-2-20-18(26-11-6-15(7-12-26)17-22-14-23-25-17)21-8-5-16-13-28-19(24-16)27-9-3-4-10-27/h13-15H,2-12H2,1H3,(H,20,21)(H,22,23,25). The highest BCUT2D eigenvalue weighted by Crippen LogP contribution is 2.26. The van der Waals surface area contributed by atoms with Crippen LogP contribution in [0, 0.1) is 0 Å². The van der Waals surface area contributed by atoms with Crippen molar-refractivity contribution < 1.29 is 0 Å². The van der Waals surface area contributed by atoms with Gasteiger partial charge in [0.25, 0.3) is 0 Å². The normalized spacial score (nSPS) is 18.8. The number of piperidine rings is 1. The smallest absolute Gasteiger partial charge is 0.193 e. The summed E-state index contributed by atoms with van der Waals surface area (Å²) in [4.78, 5) is 18.8. The van der Waals surface area contributed by atoms with Crippen molar-refractivity contribution in [3.63, 3.8) is 0 Å². The van der Waals surface area contributed by atoms with Crippen molar-refractivity contribution in [3.05, 3.63) is 23.2 Å². The second-order valence-corrected chi connectivity index (χ2v) is 8.27. The first kappa shape index (κ1) is 19.2. The Labute approximate surface area is 170 Å². The average molecular weight is 403 g/mol. The van der Waals surface area contributed by atoms with E-state index in [9.17, 15) is 0 Å². The Bertz CT molecular complexity index is 742. The second kappa shape index (κ2) is 9.36. The molecule has 2 aromatic heterocycles. The molecule has 152 valence electrons. The van der Waals surface area contributed by atoms with Crippen molar-refractivity contribution in [2.75, 3.05) is 44.2 Å². The number of H-pyrrole nitrogens is 1. The van der Waals surface area contributed by atoms with Gasteiger partial charge in [-0.25, -0.2) is 9.97 Å². The molecule has 0 radical (unpaired) electrons. The van der Waals surface area contributed by atoms with Crippen LogP contribution in [0.15, 0.2) is 16.7 Å². The topological polar surface area (TPSA) is 85.3 Å². The van der Waals surface area contributed by atoms with Crippen LogP contribution in [0.4, 0.5) is 5.13 Å². The van der Waals surface area contributed by atoms with E-state index < -0.39 is 0 Å². The zero-order valence-corrected chi connectivity index (χ0v) is 17.4. The predicted molar refractivity (Wildman–Crippen MR) is 113 cm³/mol. The van der Waals surface area contributed by atoms with E-state index >= 15 is 0 Å². The highest BCUT2D eigenvalue weighted by Gasteiger charge is 2.24. The number of hydrogen-bond donors (Lipinski definition) is 2. The van der Waals surface area contributed by atoms with Crippen LogP contribution in [-0.4, -0.2) is 70.3 Å². The van der Waals surface area contributed by atoms with Crippen LogP contribution in [0.2, 0.25) is 0 Å². The summed E-state index contributed by atoms with van der Waals surface area (Å²) in [5.41, 5.74) is 1.16. The molecule has 28 heavy (non-hydrogen) atoms. The Morgan fingerprint density at radius 2 is 2.11 bits per heavy atom. The number of guanidine groups is 1. The SMILES string of the molecule is CCNC(=NCCc1csc(N2CCCC2)n1)N1CCC(c2ncn[nH]2)CC1. The Kier molecular flexibility index (Phi) is 6.41. The molecular formula is C19H30N8S. The summed E-state index contributed by atoms with van der Waals surface area (Å²) in [7, 11) is 0. The molecule has 8 nitrogen and oxygen atoms in total. The number of aromatic amines is 1. The predicted octanol–water partition coefficient (Wildman–Crippen LogP) is 2.25. The summed E-state index contributed by atoms with van der Waals surface area (Å²) >= 11 is 1.77. The maximum atomic E-state index is 4.87. The monoisotopic (exact) mass is 402 g/mol. The molecule has 9 heteroatoms. The van der Waals surface area contributed by atoms with E-state index in [2.05, 4.69) is 42.6 Å². The van der Waals surface area contributed by atoms with Crippen molar-refractivity contribution in [1.82, 2.24) is 30.4 Å². The maximum absolute atomic E-state index is 4.87. The lowest BCUT2D eigenvalue weighted by Crippen LogP contribution is -2.45. The largest absolute Gasteiger partial charge is 0.357 e. The molecule has 4 heterocycles. The van der Waals surface area contributed by atoms with E-state index in [4.69, 9.17) is 9.98 Å². The summed E-state index contributed by atoms with van der Waals surface area (Å²) in [6, 6.07) is 0. The third kappa shape index (κ3) is 4.63. The number of anilines is 1. The zero-order chi connectivity index (χ0) is 19.2. The van der Waals surface area contributed by atoms with Gasteiger partial charge in [-0.05, 0) is 32.6 Å². The van der Waals surface area contributed by atoms with Gasteiger partial charge in [0, 0.05) is 57.0 Å². The number of nitrogens with zero attached hydrogens (tertiary/aromatic N) is 6. The first-order chi connectivity index (χ1) is 13.8. The molecular weight excluding hydrogens is 372 g/mol. The van der Waals surface area contributed by atoms with Gasteiger partial charge in [-0.15, -0.1) is 11.3 Å². The van der Waals surface area contributed by atoms with Gasteiger partial charge < -0.3 is 15.1 Å². The van der Waals surface area contributed by atoms with Crippen LogP contribution < -0.4 is 10.2 Å². The fourth-order valence-corrected chi connectivity index (χ4v) is 4.86. The fraction of sp³-hybridized carbons (Fsp3) is 0.684. The van der Waals surface area contributed by atoms with Crippen molar-refractivity contribution in [3.8, 4) is 0 Å². The number of rotatable bonds is 6.